The Kier molecular flexibility index (Phi) is 11.5. The number of nitrogens with one attached hydrogen (secondary N) is 2. The van der Waals surface area contributed by atoms with E-state index in [4.69, 9.17) is 0 Å². The van der Waals surface area contributed by atoms with E-state index >= 15 is 0 Å². The number of nitrogens with zero attached hydrogens (tertiary/aromatic N) is 3. The van der Waals surface area contributed by atoms with E-state index in [-0.39, 0.29) is 0 Å². The average Bonchev–Trinajstić information content (AvgIpc) is 3.71. The molecule has 1 aliphatic heterocycles. The molecule has 3 unspecified atom stereocenters. The Balaban J connectivity index is 0.000000285. The standard InChI is InChI=1S/C19H24N4O4.C12H17N/c1-13(14-5-7-15(8-6-14)23-12-4-9-20-23)21-18(26)16(24)17(25)19(27)22-10-2-3-11-22;1-4-9-13-12-7-5-11(6-8-12)10(2)3/h4-9,12-13,16-17,24-25H,2-3,10-11H2,1H3,(H,21,26);4-10,13H,1-3H3/b;9-4-. The maximum absolute atomic E-state index is 12.2. The molecule has 9 nitrogen and oxygen atoms in total. The Morgan fingerprint density at radius 3 is 2.10 bits per heavy atom. The summed E-state index contributed by atoms with van der Waals surface area (Å²) in [6, 6.07) is 17.4. The normalized spacial score (nSPS) is 15.3. The lowest BCUT2D eigenvalue weighted by Gasteiger charge is -2.24. The highest BCUT2D eigenvalue weighted by Gasteiger charge is 2.34. The monoisotopic (exact) mass is 547 g/mol. The van der Waals surface area contributed by atoms with Gasteiger partial charge in [-0.1, -0.05) is 44.2 Å². The number of hydrogen-bond acceptors (Lipinski definition) is 6. The quantitative estimate of drug-likeness (QED) is 0.320. The number of aliphatic hydroxyl groups is 2. The van der Waals surface area contributed by atoms with Crippen LogP contribution >= 0.6 is 0 Å². The first-order valence-corrected chi connectivity index (χ1v) is 13.7. The van der Waals surface area contributed by atoms with E-state index in [1.807, 2.05) is 55.7 Å². The number of likely N-dealkylation sites (tertiary alicyclic amines) is 1. The second-order valence-electron chi connectivity index (χ2n) is 10.1. The predicted octanol–water partition coefficient (Wildman–Crippen LogP) is 4.15. The van der Waals surface area contributed by atoms with Crippen molar-refractivity contribution in [3.63, 3.8) is 0 Å². The lowest BCUT2D eigenvalue weighted by atomic mass is 10.0. The number of amides is 2. The van der Waals surface area contributed by atoms with Crippen molar-refractivity contribution in [2.45, 2.75) is 64.7 Å². The number of rotatable bonds is 9. The van der Waals surface area contributed by atoms with Crippen molar-refractivity contribution in [2.75, 3.05) is 18.4 Å². The highest BCUT2D eigenvalue weighted by Crippen LogP contribution is 2.18. The molecule has 2 amide bonds. The number of anilines is 1. The van der Waals surface area contributed by atoms with Crippen LogP contribution in [0.4, 0.5) is 5.69 Å². The average molecular weight is 548 g/mol. The molecule has 1 aliphatic rings. The minimum Gasteiger partial charge on any atom is -0.380 e. The van der Waals surface area contributed by atoms with Crippen molar-refractivity contribution in [3.8, 4) is 5.69 Å². The Morgan fingerprint density at radius 1 is 0.925 bits per heavy atom. The van der Waals surface area contributed by atoms with Crippen LogP contribution in [0.25, 0.3) is 5.69 Å². The van der Waals surface area contributed by atoms with Gasteiger partial charge in [0.25, 0.3) is 11.8 Å². The van der Waals surface area contributed by atoms with Crippen molar-refractivity contribution in [1.82, 2.24) is 20.0 Å². The molecule has 1 aromatic heterocycles. The number of hydrogen-bond donors (Lipinski definition) is 4. The molecule has 9 heteroatoms. The smallest absolute Gasteiger partial charge is 0.254 e. The number of aliphatic hydroxyl groups excluding tert-OH is 2. The summed E-state index contributed by atoms with van der Waals surface area (Å²) in [7, 11) is 0. The molecule has 0 radical (unpaired) electrons. The zero-order valence-corrected chi connectivity index (χ0v) is 23.7. The van der Waals surface area contributed by atoms with Gasteiger partial charge in [0.15, 0.2) is 12.2 Å². The predicted molar refractivity (Wildman–Crippen MR) is 157 cm³/mol. The molecule has 214 valence electrons. The van der Waals surface area contributed by atoms with Crippen LogP contribution in [0.5, 0.6) is 0 Å². The van der Waals surface area contributed by atoms with Gasteiger partial charge in [0.2, 0.25) is 0 Å². The Hall–Kier alpha value is -3.95. The molecule has 1 fully saturated rings. The second kappa shape index (κ2) is 15.0. The topological polar surface area (TPSA) is 120 Å². The van der Waals surface area contributed by atoms with Crippen LogP contribution in [0.3, 0.4) is 0 Å². The molecular weight excluding hydrogens is 506 g/mol. The second-order valence-corrected chi connectivity index (χ2v) is 10.1. The van der Waals surface area contributed by atoms with E-state index in [9.17, 15) is 19.8 Å². The Labute approximate surface area is 236 Å². The SMILES string of the molecule is C/C=C\Nc1ccc(C(C)C)cc1.CC(NC(=O)C(O)C(O)C(=O)N1CCCC1)c1ccc(-n2cccn2)cc1. The van der Waals surface area contributed by atoms with Gasteiger partial charge in [0.05, 0.1) is 11.7 Å². The Bertz CT molecular complexity index is 1220. The summed E-state index contributed by atoms with van der Waals surface area (Å²) in [5, 5.41) is 30.1. The first kappa shape index (κ1) is 30.6. The first-order valence-electron chi connectivity index (χ1n) is 13.7. The third kappa shape index (κ3) is 8.53. The minimum atomic E-state index is -1.80. The first-order chi connectivity index (χ1) is 19.2. The molecule has 4 rings (SSSR count). The van der Waals surface area contributed by atoms with Crippen molar-refractivity contribution >= 4 is 17.5 Å². The summed E-state index contributed by atoms with van der Waals surface area (Å²) in [4.78, 5) is 25.8. The van der Waals surface area contributed by atoms with Gasteiger partial charge >= 0.3 is 0 Å². The molecule has 4 N–H and O–H groups in total. The van der Waals surface area contributed by atoms with Gasteiger partial charge in [-0.15, -0.1) is 0 Å². The summed E-state index contributed by atoms with van der Waals surface area (Å²) in [5.41, 5.74) is 4.23. The van der Waals surface area contributed by atoms with E-state index in [2.05, 4.69) is 53.8 Å². The van der Waals surface area contributed by atoms with Gasteiger partial charge in [-0.2, -0.15) is 5.10 Å². The van der Waals surface area contributed by atoms with Crippen LogP contribution in [-0.4, -0.2) is 62.0 Å². The Morgan fingerprint density at radius 2 is 1.55 bits per heavy atom. The molecule has 3 atom stereocenters. The maximum atomic E-state index is 12.2. The van der Waals surface area contributed by atoms with Gasteiger partial charge in [-0.25, -0.2) is 4.68 Å². The molecule has 2 aromatic carbocycles. The molecule has 3 aromatic rings. The van der Waals surface area contributed by atoms with Gasteiger partial charge in [-0.05, 0) is 80.3 Å². The fourth-order valence-corrected chi connectivity index (χ4v) is 4.27. The highest BCUT2D eigenvalue weighted by molar-refractivity contribution is 5.91. The zero-order valence-electron chi connectivity index (χ0n) is 23.7. The van der Waals surface area contributed by atoms with Crippen LogP contribution in [0.1, 0.15) is 63.6 Å². The fourth-order valence-electron chi connectivity index (χ4n) is 4.27. The van der Waals surface area contributed by atoms with Gasteiger partial charge < -0.3 is 25.7 Å². The summed E-state index contributed by atoms with van der Waals surface area (Å²) >= 11 is 0. The molecule has 2 heterocycles. The van der Waals surface area contributed by atoms with Crippen LogP contribution < -0.4 is 10.6 Å². The number of allylic oxidation sites excluding steroid dienone is 1. The van der Waals surface area contributed by atoms with E-state index < -0.39 is 30.1 Å². The number of carbonyl (C=O) groups is 2. The maximum Gasteiger partial charge on any atom is 0.254 e. The molecular formula is C31H41N5O4. The van der Waals surface area contributed by atoms with Crippen LogP contribution in [0, 0.1) is 0 Å². The third-order valence-electron chi connectivity index (χ3n) is 6.75. The van der Waals surface area contributed by atoms with Crippen molar-refractivity contribution in [3.05, 3.63) is 90.4 Å². The summed E-state index contributed by atoms with van der Waals surface area (Å²) in [6.07, 6.45) is 5.61. The zero-order chi connectivity index (χ0) is 29.1. The largest absolute Gasteiger partial charge is 0.380 e. The van der Waals surface area contributed by atoms with E-state index in [1.54, 1.807) is 17.8 Å². The van der Waals surface area contributed by atoms with Crippen molar-refractivity contribution in [1.29, 1.82) is 0 Å². The number of aromatic nitrogens is 2. The van der Waals surface area contributed by atoms with Gasteiger partial charge in [-0.3, -0.25) is 9.59 Å². The summed E-state index contributed by atoms with van der Waals surface area (Å²) in [6.45, 7) is 9.26. The molecule has 1 saturated heterocycles. The van der Waals surface area contributed by atoms with E-state index in [1.165, 1.54) is 10.5 Å². The van der Waals surface area contributed by atoms with Crippen LogP contribution in [-0.2, 0) is 9.59 Å². The van der Waals surface area contributed by atoms with Crippen LogP contribution in [0.2, 0.25) is 0 Å². The van der Waals surface area contributed by atoms with E-state index in [0.717, 1.165) is 29.8 Å². The summed E-state index contributed by atoms with van der Waals surface area (Å²) in [5.74, 6) is -0.777. The molecule has 0 aliphatic carbocycles. The third-order valence-corrected chi connectivity index (χ3v) is 6.75. The van der Waals surface area contributed by atoms with Crippen molar-refractivity contribution < 1.29 is 19.8 Å². The molecule has 0 saturated carbocycles. The summed E-state index contributed by atoms with van der Waals surface area (Å²) < 4.78 is 1.72. The molecule has 40 heavy (non-hydrogen) atoms. The minimum absolute atomic E-state index is 0.395. The highest BCUT2D eigenvalue weighted by atomic mass is 16.3. The lowest BCUT2D eigenvalue weighted by molar-refractivity contribution is -0.152. The molecule has 0 bridgehead atoms. The molecule has 0 spiro atoms. The van der Waals surface area contributed by atoms with Gasteiger partial charge in [0.1, 0.15) is 0 Å². The van der Waals surface area contributed by atoms with Gasteiger partial charge in [0, 0.05) is 31.2 Å². The fraction of sp³-hybridized carbons (Fsp3) is 0.387. The number of benzene rings is 2. The lowest BCUT2D eigenvalue weighted by Crippen LogP contribution is -2.50. The number of carbonyl (C=O) groups excluding carboxylic acids is 2. The van der Waals surface area contributed by atoms with Crippen molar-refractivity contribution in [2.24, 2.45) is 0 Å². The van der Waals surface area contributed by atoms with Crippen LogP contribution in [0.15, 0.2) is 79.3 Å². The van der Waals surface area contributed by atoms with E-state index in [0.29, 0.717) is 19.0 Å².